The fourth-order valence-electron chi connectivity index (χ4n) is 6.77. The standard InChI is InChI=1S/C33H49N5O6/c1-17(2)23(25(39)19-11-9-8-10-12-19)36-31(44)37-27(32(3,4)5)30(43)38-16-20-22(33(20,6)7)24(38)29(42)35-21(15-18-13-14-18)26(40)28(34)41/h8-12,17-18,20-25,27,39H,13-16H2,1-7H3,(H2,34,41)(H,35,42)(H2,36,37,44)/t20-,21?,22-,23-,24-,25?,27+/m0/s1. The molecule has 3 fully saturated rings. The highest BCUT2D eigenvalue weighted by molar-refractivity contribution is 6.37. The first kappa shape index (κ1) is 33.4. The molecule has 3 aliphatic rings. The van der Waals surface area contributed by atoms with Gasteiger partial charge in [0.1, 0.15) is 12.1 Å². The highest BCUT2D eigenvalue weighted by atomic mass is 16.3. The number of aliphatic hydroxyl groups excluding tert-OH is 1. The third-order valence-electron chi connectivity index (χ3n) is 9.79. The molecule has 2 saturated carbocycles. The molecule has 44 heavy (non-hydrogen) atoms. The maximum Gasteiger partial charge on any atom is 0.315 e. The number of carbonyl (C=O) groups excluding carboxylic acids is 5. The van der Waals surface area contributed by atoms with Crippen LogP contribution in [-0.4, -0.2) is 70.3 Å². The summed E-state index contributed by atoms with van der Waals surface area (Å²) in [5, 5.41) is 19.5. The predicted molar refractivity (Wildman–Crippen MR) is 165 cm³/mol. The van der Waals surface area contributed by atoms with Crippen LogP contribution in [0.25, 0.3) is 0 Å². The van der Waals surface area contributed by atoms with Gasteiger partial charge in [-0.05, 0) is 46.5 Å². The van der Waals surface area contributed by atoms with E-state index in [1.54, 1.807) is 12.1 Å². The van der Waals surface area contributed by atoms with Crippen molar-refractivity contribution in [1.29, 1.82) is 0 Å². The number of rotatable bonds is 12. The third-order valence-corrected chi connectivity index (χ3v) is 9.79. The Labute approximate surface area is 260 Å². The Balaban J connectivity index is 1.52. The number of hydrogen-bond acceptors (Lipinski definition) is 6. The van der Waals surface area contributed by atoms with Gasteiger partial charge in [-0.25, -0.2) is 4.79 Å². The van der Waals surface area contributed by atoms with Gasteiger partial charge in [0.2, 0.25) is 17.6 Å². The number of benzene rings is 1. The highest BCUT2D eigenvalue weighted by Gasteiger charge is 2.70. The Morgan fingerprint density at radius 2 is 1.64 bits per heavy atom. The summed E-state index contributed by atoms with van der Waals surface area (Å²) in [6.45, 7) is 13.7. The van der Waals surface area contributed by atoms with Crippen LogP contribution in [0.5, 0.6) is 0 Å². The van der Waals surface area contributed by atoms with Crippen molar-refractivity contribution in [3.8, 4) is 0 Å². The largest absolute Gasteiger partial charge is 0.386 e. The van der Waals surface area contributed by atoms with Crippen molar-refractivity contribution in [1.82, 2.24) is 20.9 Å². The van der Waals surface area contributed by atoms with Crippen molar-refractivity contribution < 1.29 is 29.1 Å². The molecule has 6 N–H and O–H groups in total. The van der Waals surface area contributed by atoms with Crippen LogP contribution in [0.15, 0.2) is 30.3 Å². The number of nitrogens with one attached hydrogen (secondary N) is 3. The number of nitrogens with two attached hydrogens (primary N) is 1. The van der Waals surface area contributed by atoms with Crippen LogP contribution in [0.1, 0.15) is 79.4 Å². The lowest BCUT2D eigenvalue weighted by atomic mass is 9.85. The number of aliphatic hydroxyl groups is 1. The number of urea groups is 1. The zero-order chi connectivity index (χ0) is 32.7. The molecular formula is C33H49N5O6. The van der Waals surface area contributed by atoms with Crippen LogP contribution in [0, 0.1) is 34.5 Å². The topological polar surface area (TPSA) is 171 Å². The fourth-order valence-corrected chi connectivity index (χ4v) is 6.77. The van der Waals surface area contributed by atoms with E-state index >= 15 is 0 Å². The lowest BCUT2D eigenvalue weighted by molar-refractivity contribution is -0.145. The Morgan fingerprint density at radius 3 is 2.16 bits per heavy atom. The van der Waals surface area contributed by atoms with Crippen molar-refractivity contribution >= 4 is 29.5 Å². The minimum atomic E-state index is -1.10. The van der Waals surface area contributed by atoms with Gasteiger partial charge >= 0.3 is 6.03 Å². The number of nitrogens with zero attached hydrogens (tertiary/aromatic N) is 1. The molecule has 1 aromatic rings. The molecule has 2 aliphatic carbocycles. The predicted octanol–water partition coefficient (Wildman–Crippen LogP) is 2.28. The molecule has 0 aromatic heterocycles. The molecule has 7 atom stereocenters. The van der Waals surface area contributed by atoms with Gasteiger partial charge in [-0.3, -0.25) is 19.2 Å². The van der Waals surface area contributed by atoms with Crippen LogP contribution in [0.4, 0.5) is 4.79 Å². The van der Waals surface area contributed by atoms with E-state index in [4.69, 9.17) is 5.73 Å². The van der Waals surface area contributed by atoms with Crippen molar-refractivity contribution in [3.63, 3.8) is 0 Å². The second-order valence-electron chi connectivity index (χ2n) is 14.9. The second-order valence-corrected chi connectivity index (χ2v) is 14.9. The average molecular weight is 612 g/mol. The van der Waals surface area contributed by atoms with Crippen molar-refractivity contribution in [3.05, 3.63) is 35.9 Å². The molecule has 1 saturated heterocycles. The summed E-state index contributed by atoms with van der Waals surface area (Å²) in [6, 6.07) is 4.95. The first-order valence-electron chi connectivity index (χ1n) is 15.7. The van der Waals surface area contributed by atoms with E-state index in [1.807, 2.05) is 52.8 Å². The van der Waals surface area contributed by atoms with E-state index in [9.17, 15) is 29.1 Å². The average Bonchev–Trinajstić information content (AvgIpc) is 3.80. The normalized spacial score (nSPS) is 24.8. The molecule has 1 aliphatic heterocycles. The smallest absolute Gasteiger partial charge is 0.315 e. The fraction of sp³-hybridized carbons (Fsp3) is 0.667. The van der Waals surface area contributed by atoms with Gasteiger partial charge in [0, 0.05) is 6.54 Å². The molecule has 0 spiro atoms. The maximum atomic E-state index is 14.2. The van der Waals surface area contributed by atoms with Crippen molar-refractivity contribution in [2.45, 2.75) is 98.0 Å². The Hall–Kier alpha value is -3.47. The molecule has 242 valence electrons. The van der Waals surface area contributed by atoms with Gasteiger partial charge in [-0.2, -0.15) is 0 Å². The highest BCUT2D eigenvalue weighted by Crippen LogP contribution is 2.65. The molecule has 0 radical (unpaired) electrons. The first-order valence-corrected chi connectivity index (χ1v) is 15.7. The van der Waals surface area contributed by atoms with Crippen molar-refractivity contribution in [2.24, 2.45) is 40.2 Å². The van der Waals surface area contributed by atoms with Crippen LogP contribution in [0.2, 0.25) is 0 Å². The lowest BCUT2D eigenvalue weighted by Gasteiger charge is -2.38. The van der Waals surface area contributed by atoms with E-state index in [2.05, 4.69) is 29.8 Å². The number of amides is 5. The summed E-state index contributed by atoms with van der Waals surface area (Å²) < 4.78 is 0. The summed E-state index contributed by atoms with van der Waals surface area (Å²) in [5.74, 6) is -2.74. The zero-order valence-electron chi connectivity index (χ0n) is 26.9. The Bertz CT molecular complexity index is 1270. The molecule has 11 heteroatoms. The van der Waals surface area contributed by atoms with Gasteiger partial charge in [-0.1, -0.05) is 91.6 Å². The lowest BCUT2D eigenvalue weighted by Crippen LogP contribution is -2.62. The minimum absolute atomic E-state index is 0.0803. The van der Waals surface area contributed by atoms with E-state index < -0.39 is 65.2 Å². The molecular weight excluding hydrogens is 562 g/mol. The van der Waals surface area contributed by atoms with Crippen molar-refractivity contribution in [2.75, 3.05) is 6.54 Å². The summed E-state index contributed by atoms with van der Waals surface area (Å²) >= 11 is 0. The number of likely N-dealkylation sites (tertiary alicyclic amines) is 1. The molecule has 11 nitrogen and oxygen atoms in total. The van der Waals surface area contributed by atoms with E-state index in [0.29, 0.717) is 18.5 Å². The van der Waals surface area contributed by atoms with Crippen LogP contribution in [0.3, 0.4) is 0 Å². The van der Waals surface area contributed by atoms with Gasteiger partial charge in [-0.15, -0.1) is 0 Å². The molecule has 5 amide bonds. The molecule has 2 unspecified atom stereocenters. The number of Topliss-reactive ketones (excluding diaryl/α,β-unsaturated/α-hetero) is 1. The Morgan fingerprint density at radius 1 is 1.02 bits per heavy atom. The number of piperidine rings is 1. The summed E-state index contributed by atoms with van der Waals surface area (Å²) in [6.07, 6.45) is 1.22. The van der Waals surface area contributed by atoms with Gasteiger partial charge in [0.15, 0.2) is 0 Å². The number of carbonyl (C=O) groups is 5. The third kappa shape index (κ3) is 7.08. The molecule has 1 heterocycles. The second kappa shape index (κ2) is 12.5. The summed E-state index contributed by atoms with van der Waals surface area (Å²) in [7, 11) is 0. The number of fused-ring (bicyclic) bond motifs is 1. The summed E-state index contributed by atoms with van der Waals surface area (Å²) in [5.41, 5.74) is 5.05. The quantitative estimate of drug-likeness (QED) is 0.227. The maximum absolute atomic E-state index is 14.2. The number of primary amides is 1. The number of hydrogen-bond donors (Lipinski definition) is 5. The molecule has 4 rings (SSSR count). The number of ketones is 1. The zero-order valence-corrected chi connectivity index (χ0v) is 26.9. The molecule has 0 bridgehead atoms. The van der Waals surface area contributed by atoms with Gasteiger partial charge in [0.25, 0.3) is 5.91 Å². The van der Waals surface area contributed by atoms with E-state index in [1.165, 1.54) is 4.90 Å². The minimum Gasteiger partial charge on any atom is -0.386 e. The van der Waals surface area contributed by atoms with E-state index in [0.717, 1.165) is 12.8 Å². The Kier molecular flexibility index (Phi) is 9.49. The van der Waals surface area contributed by atoms with Crippen LogP contribution < -0.4 is 21.7 Å². The van der Waals surface area contributed by atoms with Gasteiger partial charge in [0.05, 0.1) is 18.2 Å². The molecule has 1 aromatic carbocycles. The van der Waals surface area contributed by atoms with Gasteiger partial charge < -0.3 is 31.7 Å². The SMILES string of the molecule is CC(C)[C@H](NC(=O)N[C@H](C(=O)N1C[C@H]2[C@@H]([C@H]1C(=O)NC(CC1CC1)C(=O)C(N)=O)C2(C)C)C(C)(C)C)C(O)c1ccccc1. The summed E-state index contributed by atoms with van der Waals surface area (Å²) in [4.78, 5) is 67.3. The van der Waals surface area contributed by atoms with Crippen LogP contribution >= 0.6 is 0 Å². The van der Waals surface area contributed by atoms with E-state index in [-0.39, 0.29) is 29.1 Å². The first-order chi connectivity index (χ1) is 20.4. The monoisotopic (exact) mass is 611 g/mol. The van der Waals surface area contributed by atoms with Crippen LogP contribution in [-0.2, 0) is 19.2 Å².